The van der Waals surface area contributed by atoms with Crippen molar-refractivity contribution in [3.8, 4) is 0 Å². The molecule has 0 aliphatic heterocycles. The van der Waals surface area contributed by atoms with Crippen molar-refractivity contribution in [1.82, 2.24) is 0 Å². The predicted octanol–water partition coefficient (Wildman–Crippen LogP) is 1.83. The molecule has 1 aliphatic carbocycles. The molecule has 1 aliphatic rings. The van der Waals surface area contributed by atoms with Gasteiger partial charge in [0, 0.05) is 11.6 Å². The van der Waals surface area contributed by atoms with E-state index in [1.807, 2.05) is 0 Å². The van der Waals surface area contributed by atoms with Crippen LogP contribution in [0.25, 0.3) is 0 Å². The SMILES string of the molecule is CC1CCC(S(C)(=O)=O)CC1Cl. The molecule has 1 saturated carbocycles. The van der Waals surface area contributed by atoms with Crippen LogP contribution in [-0.4, -0.2) is 25.3 Å². The van der Waals surface area contributed by atoms with E-state index in [4.69, 9.17) is 11.6 Å². The monoisotopic (exact) mass is 210 g/mol. The van der Waals surface area contributed by atoms with Crippen LogP contribution >= 0.6 is 11.6 Å². The molecule has 2 nitrogen and oxygen atoms in total. The van der Waals surface area contributed by atoms with Crippen molar-refractivity contribution in [2.45, 2.75) is 36.8 Å². The zero-order valence-electron chi connectivity index (χ0n) is 7.46. The highest BCUT2D eigenvalue weighted by Gasteiger charge is 2.31. The number of alkyl halides is 1. The summed E-state index contributed by atoms with van der Waals surface area (Å²) in [6.07, 6.45) is 3.65. The van der Waals surface area contributed by atoms with Crippen LogP contribution < -0.4 is 0 Å². The highest BCUT2D eigenvalue weighted by atomic mass is 35.5. The maximum absolute atomic E-state index is 11.2. The molecule has 4 heteroatoms. The van der Waals surface area contributed by atoms with Crippen molar-refractivity contribution in [2.75, 3.05) is 6.26 Å². The third-order valence-electron chi connectivity index (χ3n) is 2.65. The maximum atomic E-state index is 11.2. The Kier molecular flexibility index (Phi) is 3.05. The second kappa shape index (κ2) is 3.54. The lowest BCUT2D eigenvalue weighted by Gasteiger charge is -2.29. The van der Waals surface area contributed by atoms with Gasteiger partial charge in [0.1, 0.15) is 9.84 Å². The van der Waals surface area contributed by atoms with Gasteiger partial charge >= 0.3 is 0 Å². The van der Waals surface area contributed by atoms with Crippen LogP contribution in [0.5, 0.6) is 0 Å². The van der Waals surface area contributed by atoms with E-state index < -0.39 is 9.84 Å². The van der Waals surface area contributed by atoms with Crippen LogP contribution in [0.2, 0.25) is 0 Å². The topological polar surface area (TPSA) is 34.1 Å². The Bertz CT molecular complexity index is 248. The average molecular weight is 211 g/mol. The van der Waals surface area contributed by atoms with Gasteiger partial charge < -0.3 is 0 Å². The average Bonchev–Trinajstić information content (AvgIpc) is 1.92. The summed E-state index contributed by atoms with van der Waals surface area (Å²) in [5.74, 6) is 0.463. The van der Waals surface area contributed by atoms with Gasteiger partial charge in [0.05, 0.1) is 5.25 Å². The van der Waals surface area contributed by atoms with Gasteiger partial charge in [-0.3, -0.25) is 0 Å². The summed E-state index contributed by atoms with van der Waals surface area (Å²) in [5.41, 5.74) is 0. The molecule has 0 radical (unpaired) electrons. The summed E-state index contributed by atoms with van der Waals surface area (Å²) in [7, 11) is -2.87. The molecule has 0 aromatic carbocycles. The van der Waals surface area contributed by atoms with E-state index in [1.54, 1.807) is 0 Å². The van der Waals surface area contributed by atoms with Gasteiger partial charge in [-0.1, -0.05) is 6.92 Å². The maximum Gasteiger partial charge on any atom is 0.150 e. The molecule has 0 aromatic rings. The van der Waals surface area contributed by atoms with E-state index in [2.05, 4.69) is 6.92 Å². The zero-order chi connectivity index (χ0) is 9.35. The molecule has 12 heavy (non-hydrogen) atoms. The molecule has 0 bridgehead atoms. The van der Waals surface area contributed by atoms with Crippen molar-refractivity contribution in [3.63, 3.8) is 0 Å². The summed E-state index contributed by atoms with van der Waals surface area (Å²) in [6.45, 7) is 2.08. The molecular weight excluding hydrogens is 196 g/mol. The first-order valence-electron chi connectivity index (χ1n) is 4.24. The van der Waals surface area contributed by atoms with Gasteiger partial charge in [-0.2, -0.15) is 0 Å². The first-order valence-corrected chi connectivity index (χ1v) is 6.63. The quantitative estimate of drug-likeness (QED) is 0.619. The number of sulfone groups is 1. The van der Waals surface area contributed by atoms with Crippen molar-refractivity contribution in [1.29, 1.82) is 0 Å². The summed E-state index contributed by atoms with van der Waals surface area (Å²) >= 11 is 6.00. The molecule has 0 amide bonds. The molecule has 0 aromatic heterocycles. The third kappa shape index (κ3) is 2.36. The minimum absolute atomic E-state index is 0.0403. The number of hydrogen-bond donors (Lipinski definition) is 0. The Morgan fingerprint density at radius 1 is 1.33 bits per heavy atom. The van der Waals surface area contributed by atoms with Crippen molar-refractivity contribution < 1.29 is 8.42 Å². The third-order valence-corrected chi connectivity index (χ3v) is 4.90. The van der Waals surface area contributed by atoms with Gasteiger partial charge in [0.15, 0.2) is 0 Å². The second-order valence-corrected chi connectivity index (χ2v) is 6.64. The fourth-order valence-corrected chi connectivity index (χ4v) is 3.19. The van der Waals surface area contributed by atoms with Gasteiger partial charge in [0.2, 0.25) is 0 Å². The van der Waals surface area contributed by atoms with E-state index in [-0.39, 0.29) is 10.6 Å². The lowest BCUT2D eigenvalue weighted by atomic mass is 9.90. The normalized spacial score (nSPS) is 38.1. The minimum atomic E-state index is -2.87. The molecule has 1 rings (SSSR count). The van der Waals surface area contributed by atoms with Crippen molar-refractivity contribution >= 4 is 21.4 Å². The number of rotatable bonds is 1. The Morgan fingerprint density at radius 2 is 1.92 bits per heavy atom. The zero-order valence-corrected chi connectivity index (χ0v) is 9.03. The standard InChI is InChI=1S/C8H15ClO2S/c1-6-3-4-7(5-8(6)9)12(2,10)11/h6-8H,3-5H2,1-2H3. The van der Waals surface area contributed by atoms with Gasteiger partial charge in [-0.05, 0) is 25.2 Å². The van der Waals surface area contributed by atoms with Gasteiger partial charge in [0.25, 0.3) is 0 Å². The molecular formula is C8H15ClO2S. The first-order chi connectivity index (χ1) is 5.41. The lowest BCUT2D eigenvalue weighted by Crippen LogP contribution is -2.32. The van der Waals surface area contributed by atoms with Gasteiger partial charge in [-0.15, -0.1) is 11.6 Å². The fourth-order valence-electron chi connectivity index (χ4n) is 1.62. The highest BCUT2D eigenvalue weighted by molar-refractivity contribution is 7.91. The van der Waals surface area contributed by atoms with Crippen LogP contribution in [0.4, 0.5) is 0 Å². The molecule has 0 heterocycles. The van der Waals surface area contributed by atoms with Crippen molar-refractivity contribution in [2.24, 2.45) is 5.92 Å². The summed E-state index contributed by atoms with van der Waals surface area (Å²) in [4.78, 5) is 0. The molecule has 0 saturated heterocycles. The summed E-state index contributed by atoms with van der Waals surface area (Å²) in [6, 6.07) is 0. The second-order valence-electron chi connectivity index (χ2n) is 3.76. The van der Waals surface area contributed by atoms with E-state index in [9.17, 15) is 8.42 Å². The molecule has 0 N–H and O–H groups in total. The van der Waals surface area contributed by atoms with E-state index >= 15 is 0 Å². The molecule has 1 fully saturated rings. The Hall–Kier alpha value is 0.240. The summed E-state index contributed by atoms with van der Waals surface area (Å²) in [5, 5.41) is -0.158. The fraction of sp³-hybridized carbons (Fsp3) is 1.00. The van der Waals surface area contributed by atoms with E-state index in [0.29, 0.717) is 12.3 Å². The smallest absolute Gasteiger partial charge is 0.150 e. The largest absolute Gasteiger partial charge is 0.229 e. The minimum Gasteiger partial charge on any atom is -0.229 e. The molecule has 72 valence electrons. The van der Waals surface area contributed by atoms with Crippen LogP contribution in [0.15, 0.2) is 0 Å². The van der Waals surface area contributed by atoms with Gasteiger partial charge in [-0.25, -0.2) is 8.42 Å². The van der Waals surface area contributed by atoms with Crippen LogP contribution in [-0.2, 0) is 9.84 Å². The predicted molar refractivity (Wildman–Crippen MR) is 51.3 cm³/mol. The van der Waals surface area contributed by atoms with Crippen LogP contribution in [0, 0.1) is 5.92 Å². The van der Waals surface area contributed by atoms with Crippen LogP contribution in [0.3, 0.4) is 0 Å². The Morgan fingerprint density at radius 3 is 2.33 bits per heavy atom. The molecule has 0 spiro atoms. The van der Waals surface area contributed by atoms with E-state index in [1.165, 1.54) is 6.26 Å². The first kappa shape index (κ1) is 10.3. The Labute approximate surface area is 79.2 Å². The van der Waals surface area contributed by atoms with Crippen molar-refractivity contribution in [3.05, 3.63) is 0 Å². The Balaban J connectivity index is 2.64. The van der Waals surface area contributed by atoms with E-state index in [0.717, 1.165) is 12.8 Å². The molecule has 3 atom stereocenters. The lowest BCUT2D eigenvalue weighted by molar-refractivity contribution is 0.390. The van der Waals surface area contributed by atoms with Crippen LogP contribution in [0.1, 0.15) is 26.2 Å². The number of hydrogen-bond acceptors (Lipinski definition) is 2. The summed E-state index contributed by atoms with van der Waals surface area (Å²) < 4.78 is 22.4. The molecule has 3 unspecified atom stereocenters. The number of halogens is 1. The highest BCUT2D eigenvalue weighted by Crippen LogP contribution is 2.31.